The van der Waals surface area contributed by atoms with Gasteiger partial charge in [-0.25, -0.2) is 9.13 Å². The fourth-order valence-corrected chi connectivity index (χ4v) is 14.7. The van der Waals surface area contributed by atoms with Gasteiger partial charge in [0.15, 0.2) is 6.10 Å². The predicted molar refractivity (Wildman–Crippen MR) is 509 cm³/mol. The van der Waals surface area contributed by atoms with Crippen LogP contribution in [-0.4, -0.2) is 95.9 Å². The molecule has 0 aromatic heterocycles. The van der Waals surface area contributed by atoms with E-state index in [0.29, 0.717) is 19.3 Å². The number of phosphoric acid groups is 2. The Morgan fingerprint density at radius 1 is 0.240 bits per heavy atom. The molecule has 0 radical (unpaired) electrons. The third-order valence-electron chi connectivity index (χ3n) is 20.4. The monoisotopic (exact) mass is 1730 g/mol. The van der Waals surface area contributed by atoms with E-state index in [2.05, 4.69) is 191 Å². The van der Waals surface area contributed by atoms with E-state index in [1.54, 1.807) is 0 Å². The molecule has 0 aliphatic rings. The predicted octanol–water partition coefficient (Wildman–Crippen LogP) is 30.2. The number of allylic oxidation sites excluding steroid dienone is 28. The number of aliphatic hydroxyl groups is 2. The van der Waals surface area contributed by atoms with Gasteiger partial charge < -0.3 is 34.2 Å². The number of hydrogen-bond acceptors (Lipinski definition) is 14. The standard InChI is InChI=1S/C103H176O16P2/c1-4-7-10-13-16-19-22-25-28-31-34-37-40-43-45-47-48-50-52-54-56-59-62-65-68-71-74-77-80-83-86-89-101(106)113-92-98(104)93-115-120(109,110)116-94-99(105)95-117-121(111,112)118-97-100(119-103(108)91-88-85-82-79-76-73-70-67-64-61-58-53-42-39-36-33-30-27-24-21-18-15-12-9-6-3)96-114-102(107)90-87-84-81-78-75-72-69-66-63-60-57-55-51-49-46-44-41-38-35-32-29-26-23-20-17-14-11-8-5-2/h9,12,16-21,25-30,34-39,43-46,53,58,64,67,98-100,104-105H,4-8,10-11,13-15,22-24,31-33,40-42,47-52,54-57,59-63,65-66,68-97H2,1-3H3,(H,109,110)(H,111,112)/b12-9-,19-16-,20-17-,21-18-,28-25-,29-26-,30-27-,37-34-,38-35-,39-36-,45-43-,46-44-,58-53-,67-64-. The molecule has 0 rings (SSSR count). The summed E-state index contributed by atoms with van der Waals surface area (Å²) in [6, 6.07) is 0. The van der Waals surface area contributed by atoms with Gasteiger partial charge in [0, 0.05) is 19.3 Å². The van der Waals surface area contributed by atoms with Crippen LogP contribution in [0.1, 0.15) is 406 Å². The zero-order chi connectivity index (χ0) is 87.9. The first-order valence-corrected chi connectivity index (χ1v) is 51.4. The van der Waals surface area contributed by atoms with Crippen molar-refractivity contribution in [3.05, 3.63) is 170 Å². The van der Waals surface area contributed by atoms with Gasteiger partial charge in [-0.05, 0) is 161 Å². The van der Waals surface area contributed by atoms with Crippen LogP contribution in [0.5, 0.6) is 0 Å². The molecule has 5 unspecified atom stereocenters. The van der Waals surface area contributed by atoms with Crippen LogP contribution in [0.3, 0.4) is 0 Å². The maximum atomic E-state index is 13.1. The zero-order valence-electron chi connectivity index (χ0n) is 76.6. The Labute approximate surface area is 739 Å². The molecule has 4 N–H and O–H groups in total. The van der Waals surface area contributed by atoms with Crippen molar-refractivity contribution < 1.29 is 75.8 Å². The van der Waals surface area contributed by atoms with Crippen LogP contribution >= 0.6 is 15.6 Å². The molecule has 0 aromatic carbocycles. The van der Waals surface area contributed by atoms with Crippen LogP contribution in [-0.2, 0) is 55.8 Å². The van der Waals surface area contributed by atoms with Gasteiger partial charge in [0.1, 0.15) is 25.4 Å². The Kier molecular flexibility index (Phi) is 90.1. The van der Waals surface area contributed by atoms with Gasteiger partial charge in [-0.15, -0.1) is 0 Å². The van der Waals surface area contributed by atoms with Crippen molar-refractivity contribution >= 4 is 33.6 Å². The highest BCUT2D eigenvalue weighted by Crippen LogP contribution is 2.45. The van der Waals surface area contributed by atoms with Crippen LogP contribution in [0, 0.1) is 0 Å². The molecule has 18 heteroatoms. The van der Waals surface area contributed by atoms with Gasteiger partial charge in [-0.2, -0.15) is 0 Å². The maximum Gasteiger partial charge on any atom is 0.472 e. The second-order valence-corrected chi connectivity index (χ2v) is 35.0. The van der Waals surface area contributed by atoms with Crippen LogP contribution in [0.15, 0.2) is 170 Å². The maximum absolute atomic E-state index is 13.1. The van der Waals surface area contributed by atoms with Crippen molar-refractivity contribution in [1.82, 2.24) is 0 Å². The molecule has 0 aliphatic carbocycles. The minimum Gasteiger partial charge on any atom is -0.463 e. The van der Waals surface area contributed by atoms with E-state index in [0.717, 1.165) is 167 Å². The molecule has 0 saturated heterocycles. The largest absolute Gasteiger partial charge is 0.472 e. The van der Waals surface area contributed by atoms with Crippen LogP contribution < -0.4 is 0 Å². The lowest BCUT2D eigenvalue weighted by Gasteiger charge is -2.21. The van der Waals surface area contributed by atoms with Crippen LogP contribution in [0.25, 0.3) is 0 Å². The lowest BCUT2D eigenvalue weighted by atomic mass is 10.0. The van der Waals surface area contributed by atoms with Gasteiger partial charge in [0.25, 0.3) is 0 Å². The van der Waals surface area contributed by atoms with Crippen LogP contribution in [0.2, 0.25) is 0 Å². The summed E-state index contributed by atoms with van der Waals surface area (Å²) in [6.07, 6.45) is 123. The summed E-state index contributed by atoms with van der Waals surface area (Å²) in [5.74, 6) is -1.59. The topological polar surface area (TPSA) is 231 Å². The zero-order valence-corrected chi connectivity index (χ0v) is 78.4. The molecule has 694 valence electrons. The number of unbranched alkanes of at least 4 members (excludes halogenated alkanes) is 40. The van der Waals surface area contributed by atoms with Crippen molar-refractivity contribution in [1.29, 1.82) is 0 Å². The highest BCUT2D eigenvalue weighted by molar-refractivity contribution is 7.47. The van der Waals surface area contributed by atoms with E-state index in [-0.39, 0.29) is 19.3 Å². The quantitative estimate of drug-likeness (QED) is 0.0146. The summed E-state index contributed by atoms with van der Waals surface area (Å²) in [4.78, 5) is 59.1. The first-order valence-electron chi connectivity index (χ1n) is 48.4. The van der Waals surface area contributed by atoms with Gasteiger partial charge >= 0.3 is 33.6 Å². The molecule has 0 bridgehead atoms. The summed E-state index contributed by atoms with van der Waals surface area (Å²) in [5, 5.41) is 20.8. The average Bonchev–Trinajstić information content (AvgIpc) is 0.943. The van der Waals surface area contributed by atoms with E-state index < -0.39 is 91.5 Å². The number of carbonyl (C=O) groups is 3. The minimum absolute atomic E-state index is 0.0824. The van der Waals surface area contributed by atoms with E-state index in [4.69, 9.17) is 32.3 Å². The van der Waals surface area contributed by atoms with Crippen molar-refractivity contribution in [2.75, 3.05) is 39.6 Å². The molecular formula is C103H176O16P2. The molecule has 0 heterocycles. The Morgan fingerprint density at radius 3 is 0.694 bits per heavy atom. The SMILES string of the molecule is CC/C=C\C/C=C\C/C=C\C/C=C\C/C=C\C/C=C\CCCCCCCCC(=O)OC(COC(=O)CCCCCCCCCCCCCCC/C=C\C/C=C\C/C=C\C/C=C\CCCCC)COP(=O)(O)OCC(O)COP(=O)(O)OCC(O)COC(=O)CCCCCCCCCCCCCCCCC/C=C\C/C=C\C/C=C\C/C=C\CCCCC. The molecule has 0 spiro atoms. The normalized spacial score (nSPS) is 14.5. The lowest BCUT2D eigenvalue weighted by Crippen LogP contribution is -2.30. The third-order valence-corrected chi connectivity index (χ3v) is 22.3. The lowest BCUT2D eigenvalue weighted by molar-refractivity contribution is -0.161. The smallest absolute Gasteiger partial charge is 0.463 e. The highest BCUT2D eigenvalue weighted by atomic mass is 31.2. The van der Waals surface area contributed by atoms with Gasteiger partial charge in [-0.3, -0.25) is 32.5 Å². The van der Waals surface area contributed by atoms with Crippen molar-refractivity contribution in [3.8, 4) is 0 Å². The second kappa shape index (κ2) is 94.1. The Balaban J connectivity index is 4.64. The summed E-state index contributed by atoms with van der Waals surface area (Å²) in [7, 11) is -9.82. The number of hydrogen-bond donors (Lipinski definition) is 4. The number of ether oxygens (including phenoxy) is 3. The molecule has 0 saturated carbocycles. The highest BCUT2D eigenvalue weighted by Gasteiger charge is 2.30. The summed E-state index contributed by atoms with van der Waals surface area (Å²) >= 11 is 0. The molecule has 16 nitrogen and oxygen atoms in total. The summed E-state index contributed by atoms with van der Waals surface area (Å²) in [6.45, 7) is 2.55. The fraction of sp³-hybridized carbons (Fsp3) is 0.699. The van der Waals surface area contributed by atoms with Gasteiger partial charge in [-0.1, -0.05) is 396 Å². The minimum atomic E-state index is -4.95. The van der Waals surface area contributed by atoms with Crippen molar-refractivity contribution in [2.45, 2.75) is 424 Å². The molecular weight excluding hydrogens is 1560 g/mol. The number of carbonyl (C=O) groups excluding carboxylic acids is 3. The summed E-state index contributed by atoms with van der Waals surface area (Å²) < 4.78 is 61.6. The molecule has 121 heavy (non-hydrogen) atoms. The summed E-state index contributed by atoms with van der Waals surface area (Å²) in [5.41, 5.74) is 0. The van der Waals surface area contributed by atoms with Gasteiger partial charge in [0.05, 0.1) is 26.4 Å². The Hall–Kier alpha value is -5.09. The first-order chi connectivity index (χ1) is 59.2. The molecule has 0 aliphatic heterocycles. The van der Waals surface area contributed by atoms with E-state index >= 15 is 0 Å². The average molecular weight is 1730 g/mol. The molecule has 0 fully saturated rings. The Bertz CT molecular complexity index is 2880. The molecule has 0 amide bonds. The fourth-order valence-electron chi connectivity index (χ4n) is 13.1. The van der Waals surface area contributed by atoms with Crippen molar-refractivity contribution in [2.24, 2.45) is 0 Å². The van der Waals surface area contributed by atoms with Crippen LogP contribution in [0.4, 0.5) is 0 Å². The van der Waals surface area contributed by atoms with E-state index in [1.165, 1.54) is 180 Å². The molecule has 0 aromatic rings. The Morgan fingerprint density at radius 2 is 0.438 bits per heavy atom. The number of esters is 3. The molecule has 5 atom stereocenters. The van der Waals surface area contributed by atoms with Crippen molar-refractivity contribution in [3.63, 3.8) is 0 Å². The number of phosphoric ester groups is 2. The number of rotatable bonds is 91. The number of aliphatic hydroxyl groups excluding tert-OH is 2. The third kappa shape index (κ3) is 95.4. The second-order valence-electron chi connectivity index (χ2n) is 32.1. The first kappa shape index (κ1) is 116. The van der Waals surface area contributed by atoms with E-state index in [9.17, 15) is 43.5 Å². The van der Waals surface area contributed by atoms with E-state index in [1.807, 2.05) is 0 Å². The van der Waals surface area contributed by atoms with Gasteiger partial charge in [0.2, 0.25) is 0 Å².